The topological polar surface area (TPSA) is 82.3 Å². The normalized spacial score (nSPS) is 13.3. The molecule has 3 N–H and O–H groups in total. The highest BCUT2D eigenvalue weighted by molar-refractivity contribution is 6.74. The van der Waals surface area contributed by atoms with Crippen LogP contribution in [0.25, 0.3) is 0 Å². The first-order valence-electron chi connectivity index (χ1n) is 11.4. The lowest BCUT2D eigenvalue weighted by atomic mass is 10.1. The first-order chi connectivity index (χ1) is 14.9. The molecule has 2 aromatic rings. The summed E-state index contributed by atoms with van der Waals surface area (Å²) in [6, 6.07) is 6.30. The quantitative estimate of drug-likeness (QED) is 0.283. The minimum Gasteiger partial charge on any atom is -0.413 e. The van der Waals surface area contributed by atoms with Gasteiger partial charge in [-0.25, -0.2) is 9.97 Å². The fourth-order valence-electron chi connectivity index (χ4n) is 2.57. The second kappa shape index (κ2) is 10.0. The molecule has 0 aliphatic rings. The zero-order valence-corrected chi connectivity index (χ0v) is 24.6. The number of aromatic nitrogens is 2. The largest absolute Gasteiger partial charge is 0.413 e. The molecule has 1 heterocycles. The van der Waals surface area contributed by atoms with Crippen LogP contribution in [0.15, 0.2) is 24.5 Å². The highest BCUT2D eigenvalue weighted by atomic mass is 35.5. The Hall–Kier alpha value is -1.46. The summed E-state index contributed by atoms with van der Waals surface area (Å²) in [6.45, 7) is 23.6. The Morgan fingerprint density at radius 2 is 1.30 bits per heavy atom. The van der Waals surface area contributed by atoms with E-state index in [1.54, 1.807) is 0 Å². The Labute approximate surface area is 206 Å². The molecule has 0 saturated carbocycles. The van der Waals surface area contributed by atoms with Gasteiger partial charge in [-0.05, 0) is 59.5 Å². The highest BCUT2D eigenvalue weighted by Gasteiger charge is 2.38. The third-order valence-electron chi connectivity index (χ3n) is 6.96. The molecule has 0 fully saturated rings. The number of nitrogen functional groups attached to an aromatic ring is 1. The summed E-state index contributed by atoms with van der Waals surface area (Å²) >= 11 is 6.08. The molecule has 0 saturated heterocycles. The van der Waals surface area contributed by atoms with Gasteiger partial charge in [0, 0.05) is 5.69 Å². The van der Waals surface area contributed by atoms with Crippen LogP contribution in [-0.4, -0.2) is 26.6 Å². The van der Waals surface area contributed by atoms with Gasteiger partial charge < -0.3 is 19.9 Å². The van der Waals surface area contributed by atoms with Crippen LogP contribution in [0.1, 0.15) is 52.7 Å². The van der Waals surface area contributed by atoms with Crippen LogP contribution in [0, 0.1) is 0 Å². The van der Waals surface area contributed by atoms with Gasteiger partial charge >= 0.3 is 0 Å². The molecule has 0 aliphatic heterocycles. The Kier molecular flexibility index (Phi) is 8.45. The maximum absolute atomic E-state index is 6.49. The number of hydrogen-bond donors (Lipinski definition) is 2. The van der Waals surface area contributed by atoms with E-state index in [1.165, 1.54) is 6.33 Å². The molecule has 9 heteroatoms. The van der Waals surface area contributed by atoms with Crippen molar-refractivity contribution in [3.05, 3.63) is 40.8 Å². The lowest BCUT2D eigenvalue weighted by molar-refractivity contribution is 0.271. The van der Waals surface area contributed by atoms with Crippen molar-refractivity contribution in [3.8, 4) is 0 Å². The van der Waals surface area contributed by atoms with Gasteiger partial charge in [0.25, 0.3) is 0 Å². The van der Waals surface area contributed by atoms with Crippen molar-refractivity contribution in [1.29, 1.82) is 0 Å². The van der Waals surface area contributed by atoms with Gasteiger partial charge in [-0.15, -0.1) is 0 Å². The Morgan fingerprint density at radius 1 is 0.848 bits per heavy atom. The predicted molar refractivity (Wildman–Crippen MR) is 145 cm³/mol. The van der Waals surface area contributed by atoms with Crippen LogP contribution in [0.4, 0.5) is 17.2 Å². The van der Waals surface area contributed by atoms with Gasteiger partial charge in [0.15, 0.2) is 27.6 Å². The molecule has 2 rings (SSSR count). The molecule has 0 aliphatic carbocycles. The van der Waals surface area contributed by atoms with E-state index in [1.807, 2.05) is 0 Å². The third-order valence-corrected chi connectivity index (χ3v) is 16.2. The van der Waals surface area contributed by atoms with Gasteiger partial charge in [-0.1, -0.05) is 59.2 Å². The van der Waals surface area contributed by atoms with Gasteiger partial charge in [-0.3, -0.25) is 0 Å². The smallest absolute Gasteiger partial charge is 0.192 e. The Morgan fingerprint density at radius 3 is 1.73 bits per heavy atom. The van der Waals surface area contributed by atoms with Gasteiger partial charge in [0.2, 0.25) is 0 Å². The summed E-state index contributed by atoms with van der Waals surface area (Å²) in [4.78, 5) is 8.18. The molecule has 1 aromatic carbocycles. The summed E-state index contributed by atoms with van der Waals surface area (Å²) in [5.41, 5.74) is 9.42. The maximum Gasteiger partial charge on any atom is 0.192 e. The fraction of sp³-hybridized carbons (Fsp3) is 0.583. The Balaban J connectivity index is 2.35. The Bertz CT molecular complexity index is 922. The monoisotopic (exact) mass is 508 g/mol. The van der Waals surface area contributed by atoms with E-state index in [-0.39, 0.29) is 15.2 Å². The molecule has 0 radical (unpaired) electrons. The standard InChI is InChI=1S/C24H41ClN4O2Si2/c1-23(2,3)32(7,8)30-14-17-11-18(15-31-33(9,10)24(4,5)6)13-19(12-17)29-22-20(26)21(25)27-16-28-22/h11-13,16H,14-15,26H2,1-10H3,(H,27,28,29). The second-order valence-corrected chi connectivity index (χ2v) is 21.7. The van der Waals surface area contributed by atoms with Crippen molar-refractivity contribution < 1.29 is 8.85 Å². The van der Waals surface area contributed by atoms with Crippen molar-refractivity contribution in [1.82, 2.24) is 9.97 Å². The molecular formula is C24H41ClN4O2Si2. The molecular weight excluding hydrogens is 468 g/mol. The summed E-state index contributed by atoms with van der Waals surface area (Å²) in [7, 11) is -3.78. The van der Waals surface area contributed by atoms with E-state index in [9.17, 15) is 0 Å². The zero-order chi connectivity index (χ0) is 25.2. The molecule has 0 amide bonds. The van der Waals surface area contributed by atoms with E-state index in [4.69, 9.17) is 26.2 Å². The van der Waals surface area contributed by atoms with E-state index < -0.39 is 16.6 Å². The van der Waals surface area contributed by atoms with Crippen molar-refractivity contribution in [2.45, 2.75) is 91.0 Å². The summed E-state index contributed by atoms with van der Waals surface area (Å²) in [5, 5.41) is 3.81. The van der Waals surface area contributed by atoms with Gasteiger partial charge in [0.05, 0.1) is 13.2 Å². The van der Waals surface area contributed by atoms with Gasteiger partial charge in [-0.2, -0.15) is 0 Å². The summed E-state index contributed by atoms with van der Waals surface area (Å²) < 4.78 is 13.0. The third kappa shape index (κ3) is 7.26. The van der Waals surface area contributed by atoms with Crippen LogP contribution in [-0.2, 0) is 22.1 Å². The van der Waals surface area contributed by atoms with Crippen molar-refractivity contribution in [2.75, 3.05) is 11.1 Å². The first kappa shape index (κ1) is 27.8. The van der Waals surface area contributed by atoms with E-state index in [0.717, 1.165) is 16.8 Å². The van der Waals surface area contributed by atoms with Crippen molar-refractivity contribution in [2.24, 2.45) is 0 Å². The number of hydrogen-bond acceptors (Lipinski definition) is 6. The molecule has 1 aromatic heterocycles. The molecule has 0 unspecified atom stereocenters. The van der Waals surface area contributed by atoms with E-state index in [2.05, 4.69) is 101 Å². The zero-order valence-electron chi connectivity index (χ0n) is 21.9. The molecule has 0 bridgehead atoms. The lowest BCUT2D eigenvalue weighted by Crippen LogP contribution is -2.40. The van der Waals surface area contributed by atoms with Crippen molar-refractivity contribution >= 4 is 45.4 Å². The van der Waals surface area contributed by atoms with Crippen LogP contribution in [0.2, 0.25) is 41.4 Å². The van der Waals surface area contributed by atoms with Crippen molar-refractivity contribution in [3.63, 3.8) is 0 Å². The predicted octanol–water partition coefficient (Wildman–Crippen LogP) is 7.50. The number of benzene rings is 1. The van der Waals surface area contributed by atoms with E-state index >= 15 is 0 Å². The number of halogens is 1. The van der Waals surface area contributed by atoms with Crippen LogP contribution in [0.3, 0.4) is 0 Å². The lowest BCUT2D eigenvalue weighted by Gasteiger charge is -2.36. The molecule has 33 heavy (non-hydrogen) atoms. The average Bonchev–Trinajstić information content (AvgIpc) is 2.67. The highest BCUT2D eigenvalue weighted by Crippen LogP contribution is 2.38. The molecule has 0 spiro atoms. The molecule has 6 nitrogen and oxygen atoms in total. The number of nitrogens with zero attached hydrogens (tertiary/aromatic N) is 2. The van der Waals surface area contributed by atoms with Gasteiger partial charge in [0.1, 0.15) is 12.0 Å². The number of rotatable bonds is 8. The molecule has 0 atom stereocenters. The SMILES string of the molecule is CC(C)(C)[Si](C)(C)OCc1cc(CO[Si](C)(C)C(C)(C)C)cc(Nc2ncnc(Cl)c2N)c1. The van der Waals surface area contributed by atoms with Crippen LogP contribution >= 0.6 is 11.6 Å². The second-order valence-electron chi connectivity index (χ2n) is 11.7. The minimum absolute atomic E-state index is 0.142. The van der Waals surface area contributed by atoms with E-state index in [0.29, 0.717) is 24.7 Å². The molecule has 184 valence electrons. The number of nitrogens with two attached hydrogens (primary N) is 1. The first-order valence-corrected chi connectivity index (χ1v) is 17.6. The number of nitrogens with one attached hydrogen (secondary N) is 1. The fourth-order valence-corrected chi connectivity index (χ4v) is 4.63. The average molecular weight is 509 g/mol. The number of anilines is 3. The maximum atomic E-state index is 6.49. The minimum atomic E-state index is -1.89. The van der Waals surface area contributed by atoms with Crippen LogP contribution < -0.4 is 11.1 Å². The summed E-state index contributed by atoms with van der Waals surface area (Å²) in [5.74, 6) is 0.480. The van der Waals surface area contributed by atoms with Crippen LogP contribution in [0.5, 0.6) is 0 Å². The summed E-state index contributed by atoms with van der Waals surface area (Å²) in [6.07, 6.45) is 1.40.